The summed E-state index contributed by atoms with van der Waals surface area (Å²) in [4.78, 5) is 14.2. The van der Waals surface area contributed by atoms with E-state index in [4.69, 9.17) is 0 Å². The van der Waals surface area contributed by atoms with E-state index < -0.39 is 0 Å². The van der Waals surface area contributed by atoms with Crippen molar-refractivity contribution in [3.05, 3.63) is 129 Å². The van der Waals surface area contributed by atoms with Gasteiger partial charge in [-0.2, -0.15) is 0 Å². The van der Waals surface area contributed by atoms with Crippen LogP contribution in [0.25, 0.3) is 23.8 Å². The number of benzene rings is 1. The third-order valence-electron chi connectivity index (χ3n) is 5.69. The molecule has 0 radical (unpaired) electrons. The summed E-state index contributed by atoms with van der Waals surface area (Å²) in [5, 5.41) is 4.33. The van der Waals surface area contributed by atoms with E-state index in [0.29, 0.717) is 0 Å². The molecular weight excluding hydrogens is 380 g/mol. The summed E-state index contributed by atoms with van der Waals surface area (Å²) in [6.07, 6.45) is 7.24. The quantitative estimate of drug-likeness (QED) is 0.350. The van der Waals surface area contributed by atoms with Crippen LogP contribution in [0.1, 0.15) is 28.3 Å². The van der Waals surface area contributed by atoms with E-state index in [9.17, 15) is 0 Å². The second-order valence-corrected chi connectivity index (χ2v) is 7.97. The van der Waals surface area contributed by atoms with Gasteiger partial charge in [0.15, 0.2) is 0 Å². The number of rotatable bonds is 2. The van der Waals surface area contributed by atoms with Gasteiger partial charge in [-0.15, -0.1) is 0 Å². The first-order valence-corrected chi connectivity index (χ1v) is 10.5. The number of hydrogen-bond donors (Lipinski definition) is 4. The highest BCUT2D eigenvalue weighted by Gasteiger charge is 2.08. The van der Waals surface area contributed by atoms with Crippen LogP contribution in [0.4, 0.5) is 0 Å². The second kappa shape index (κ2) is 7.26. The molecule has 0 aliphatic carbocycles. The van der Waals surface area contributed by atoms with E-state index in [1.165, 1.54) is 11.1 Å². The van der Waals surface area contributed by atoms with Crippen LogP contribution in [0.15, 0.2) is 78.9 Å². The molecule has 5 aromatic rings. The largest absolute Gasteiger partial charge is 0.355 e. The predicted octanol–water partition coefficient (Wildman–Crippen LogP) is 2.24. The molecule has 150 valence electrons. The van der Waals surface area contributed by atoms with Crippen molar-refractivity contribution in [3.63, 3.8) is 0 Å². The number of H-pyrrole nitrogens is 4. The third kappa shape index (κ3) is 3.60. The van der Waals surface area contributed by atoms with E-state index in [1.54, 1.807) is 0 Å². The molecule has 1 aromatic carbocycles. The maximum absolute atomic E-state index is 3.60. The van der Waals surface area contributed by atoms with Crippen LogP contribution < -0.4 is 21.4 Å². The monoisotopic (exact) mass is 402 g/mol. The first-order chi connectivity index (χ1) is 15.3. The molecule has 0 saturated heterocycles. The summed E-state index contributed by atoms with van der Waals surface area (Å²) in [5.41, 5.74) is 6.85. The van der Waals surface area contributed by atoms with Crippen LogP contribution in [0.3, 0.4) is 0 Å². The highest BCUT2D eigenvalue weighted by Crippen LogP contribution is 2.17. The van der Waals surface area contributed by atoms with Crippen molar-refractivity contribution in [2.45, 2.75) is 6.42 Å². The Bertz CT molecular complexity index is 1600. The molecule has 4 nitrogen and oxygen atoms in total. The minimum absolute atomic E-state index is 0.842. The van der Waals surface area contributed by atoms with E-state index in [0.717, 1.165) is 50.6 Å². The number of nitrogens with one attached hydrogen (secondary N) is 4. The summed E-state index contributed by atoms with van der Waals surface area (Å²) in [6.45, 7) is 0. The van der Waals surface area contributed by atoms with Crippen molar-refractivity contribution >= 4 is 23.8 Å². The zero-order chi connectivity index (χ0) is 20.6. The van der Waals surface area contributed by atoms with Crippen molar-refractivity contribution in [3.8, 4) is 0 Å². The van der Waals surface area contributed by atoms with Crippen LogP contribution in [0, 0.1) is 0 Å². The van der Waals surface area contributed by atoms with E-state index >= 15 is 0 Å². The molecule has 0 unspecified atom stereocenters. The van der Waals surface area contributed by atoms with Gasteiger partial charge in [0.05, 0.1) is 0 Å². The number of aromatic nitrogens is 4. The lowest BCUT2D eigenvalue weighted by Crippen LogP contribution is -2.15. The lowest BCUT2D eigenvalue weighted by Gasteiger charge is -2.06. The van der Waals surface area contributed by atoms with Crippen molar-refractivity contribution in [2.24, 2.45) is 0 Å². The van der Waals surface area contributed by atoms with Gasteiger partial charge in [0, 0.05) is 56.2 Å². The Morgan fingerprint density at radius 1 is 0.484 bits per heavy atom. The Labute approximate surface area is 179 Å². The second-order valence-electron chi connectivity index (χ2n) is 7.97. The Kier molecular flexibility index (Phi) is 4.13. The van der Waals surface area contributed by atoms with Crippen molar-refractivity contribution in [2.75, 3.05) is 0 Å². The van der Waals surface area contributed by atoms with Gasteiger partial charge in [-0.3, -0.25) is 0 Å². The zero-order valence-electron chi connectivity index (χ0n) is 16.9. The first kappa shape index (κ1) is 17.7. The molecule has 0 atom stereocenters. The predicted molar refractivity (Wildman–Crippen MR) is 125 cm³/mol. The van der Waals surface area contributed by atoms with Gasteiger partial charge in [0.2, 0.25) is 0 Å². The molecule has 6 rings (SSSR count). The lowest BCUT2D eigenvalue weighted by molar-refractivity contribution is 1.16. The zero-order valence-corrected chi connectivity index (χ0v) is 16.9. The Hall–Kier alpha value is -4.18. The Balaban J connectivity index is 1.60. The minimum Gasteiger partial charge on any atom is -0.355 e. The molecule has 0 fully saturated rings. The highest BCUT2D eigenvalue weighted by atomic mass is 14.8. The fourth-order valence-corrected chi connectivity index (χ4v) is 4.18. The van der Waals surface area contributed by atoms with Gasteiger partial charge in [-0.05, 0) is 72.3 Å². The molecule has 5 heterocycles. The molecule has 1 aliphatic heterocycles. The van der Waals surface area contributed by atoms with Crippen molar-refractivity contribution in [1.29, 1.82) is 0 Å². The molecular formula is C27H22N4. The van der Waals surface area contributed by atoms with Crippen molar-refractivity contribution < 1.29 is 0 Å². The molecule has 0 amide bonds. The SMILES string of the molecule is C1=c2ccc([nH]2)=Cc2ccc([nH]2)C(Cc2ccccc2)=c2ccc([nH]2)=Cc2ccc1[nH]2. The molecule has 31 heavy (non-hydrogen) atoms. The molecule has 4 heteroatoms. The summed E-state index contributed by atoms with van der Waals surface area (Å²) in [7, 11) is 0. The number of hydrogen-bond acceptors (Lipinski definition) is 0. The lowest BCUT2D eigenvalue weighted by atomic mass is 10.0. The van der Waals surface area contributed by atoms with Gasteiger partial charge >= 0.3 is 0 Å². The average Bonchev–Trinajstić information content (AvgIpc) is 3.57. The maximum Gasteiger partial charge on any atom is 0.0441 e. The molecule has 8 bridgehead atoms. The Morgan fingerprint density at radius 2 is 1.10 bits per heavy atom. The number of aromatic amines is 4. The first-order valence-electron chi connectivity index (χ1n) is 10.5. The van der Waals surface area contributed by atoms with Crippen LogP contribution >= 0.6 is 0 Å². The van der Waals surface area contributed by atoms with E-state index in [2.05, 4.69) is 117 Å². The fraction of sp³-hybridized carbons (Fsp3) is 0.0370. The maximum atomic E-state index is 3.60. The van der Waals surface area contributed by atoms with Crippen LogP contribution in [-0.2, 0) is 6.42 Å². The van der Waals surface area contributed by atoms with Crippen molar-refractivity contribution in [1.82, 2.24) is 19.9 Å². The van der Waals surface area contributed by atoms with Gasteiger partial charge in [0.1, 0.15) is 0 Å². The molecule has 4 aromatic heterocycles. The topological polar surface area (TPSA) is 63.2 Å². The molecule has 1 aliphatic rings. The summed E-state index contributed by atoms with van der Waals surface area (Å²) < 4.78 is 0. The fourth-order valence-electron chi connectivity index (χ4n) is 4.18. The molecule has 4 N–H and O–H groups in total. The normalized spacial score (nSPS) is 12.7. The van der Waals surface area contributed by atoms with Gasteiger partial charge < -0.3 is 19.9 Å². The summed E-state index contributed by atoms with van der Waals surface area (Å²) in [6, 6.07) is 27.6. The molecule has 0 spiro atoms. The van der Waals surface area contributed by atoms with Gasteiger partial charge in [0.25, 0.3) is 0 Å². The summed E-state index contributed by atoms with van der Waals surface area (Å²) in [5.74, 6) is 0. The van der Waals surface area contributed by atoms with Gasteiger partial charge in [-0.25, -0.2) is 0 Å². The smallest absolute Gasteiger partial charge is 0.0441 e. The highest BCUT2D eigenvalue weighted by molar-refractivity contribution is 5.66. The summed E-state index contributed by atoms with van der Waals surface area (Å²) >= 11 is 0. The Morgan fingerprint density at radius 3 is 1.84 bits per heavy atom. The van der Waals surface area contributed by atoms with Gasteiger partial charge in [-0.1, -0.05) is 30.3 Å². The van der Waals surface area contributed by atoms with E-state index in [-0.39, 0.29) is 0 Å². The van der Waals surface area contributed by atoms with E-state index in [1.807, 2.05) is 0 Å². The standard InChI is InChI=1S/C27H22N4/c1-2-4-18(5-3-1)14-25-26-12-10-23(30-26)16-21-8-6-19(28-21)15-20-7-9-22(29-20)17-24-11-13-27(25)31-24/h1-13,15-17,28-31H,14H2. The third-order valence-corrected chi connectivity index (χ3v) is 5.69. The minimum atomic E-state index is 0.842. The van der Waals surface area contributed by atoms with Crippen LogP contribution in [0.5, 0.6) is 0 Å². The molecule has 0 saturated carbocycles. The van der Waals surface area contributed by atoms with Crippen LogP contribution in [-0.4, -0.2) is 19.9 Å². The average molecular weight is 403 g/mol. The van der Waals surface area contributed by atoms with Crippen LogP contribution in [0.2, 0.25) is 0 Å². The number of fused-ring (bicyclic) bond motifs is 8.